The van der Waals surface area contributed by atoms with E-state index in [1.165, 1.54) is 13.8 Å². The number of benzene rings is 2. The van der Waals surface area contributed by atoms with Gasteiger partial charge in [0, 0.05) is 80.4 Å². The molecule has 0 aliphatic carbocycles. The highest BCUT2D eigenvalue weighted by Gasteiger charge is 2.49. The van der Waals surface area contributed by atoms with Crippen LogP contribution in [0, 0.1) is 0 Å². The number of hydrogen-bond acceptors (Lipinski definition) is 10. The Bertz CT molecular complexity index is 1770. The Morgan fingerprint density at radius 2 is 0.866 bits per heavy atom. The highest BCUT2D eigenvalue weighted by atomic mass is 16.6. The van der Waals surface area contributed by atoms with Crippen molar-refractivity contribution in [2.45, 2.75) is 214 Å². The number of carbonyl (C=O) groups excluding carboxylic acids is 4. The fourth-order valence-corrected chi connectivity index (χ4v) is 12.0. The van der Waals surface area contributed by atoms with Gasteiger partial charge in [-0.1, -0.05) is 64.8 Å². The molecule has 2 saturated heterocycles. The highest BCUT2D eigenvalue weighted by molar-refractivity contribution is 5.76. The Kier molecular flexibility index (Phi) is 19.0. The summed E-state index contributed by atoms with van der Waals surface area (Å²) in [6, 6.07) is 16.7. The van der Waals surface area contributed by atoms with Crippen molar-refractivity contribution in [3.63, 3.8) is 0 Å². The predicted octanol–water partition coefficient (Wildman–Crippen LogP) is 9.97. The molecule has 0 spiro atoms. The Balaban J connectivity index is 1.42. The van der Waals surface area contributed by atoms with Crippen molar-refractivity contribution in [1.29, 1.82) is 0 Å². The van der Waals surface area contributed by atoms with Gasteiger partial charge in [0.25, 0.3) is 0 Å². The fraction of sp³-hybridized carbons (Fsp3) is 0.709. The molecule has 67 heavy (non-hydrogen) atoms. The van der Waals surface area contributed by atoms with Crippen LogP contribution in [0.15, 0.2) is 48.5 Å². The summed E-state index contributed by atoms with van der Waals surface area (Å²) < 4.78 is 24.5. The molecule has 0 radical (unpaired) electrons. The number of nitrogens with zero attached hydrogens (tertiary/aromatic N) is 4. The van der Waals surface area contributed by atoms with Gasteiger partial charge in [0.1, 0.15) is 36.9 Å². The summed E-state index contributed by atoms with van der Waals surface area (Å²) in [7, 11) is 0. The van der Waals surface area contributed by atoms with Crippen LogP contribution < -0.4 is 9.47 Å². The lowest BCUT2D eigenvalue weighted by molar-refractivity contribution is -0.155. The van der Waals surface area contributed by atoms with E-state index in [1.807, 2.05) is 34.1 Å². The molecule has 2 heterocycles. The number of piperidine rings is 2. The molecule has 0 bridgehead atoms. The van der Waals surface area contributed by atoms with E-state index in [0.717, 1.165) is 75.6 Å². The minimum atomic E-state index is -0.468. The predicted molar refractivity (Wildman–Crippen MR) is 267 cm³/mol. The number of rotatable bonds is 22. The summed E-state index contributed by atoms with van der Waals surface area (Å²) in [4.78, 5) is 59.3. The van der Waals surface area contributed by atoms with Gasteiger partial charge in [0.05, 0.1) is 0 Å². The molecule has 2 aliphatic heterocycles. The van der Waals surface area contributed by atoms with Crippen molar-refractivity contribution in [2.75, 3.05) is 39.4 Å². The largest absolute Gasteiger partial charge is 0.490 e. The van der Waals surface area contributed by atoms with Crippen LogP contribution in [0.5, 0.6) is 11.5 Å². The van der Waals surface area contributed by atoms with E-state index in [4.69, 9.17) is 18.9 Å². The molecule has 376 valence electrons. The van der Waals surface area contributed by atoms with E-state index in [9.17, 15) is 19.2 Å². The lowest BCUT2D eigenvalue weighted by Gasteiger charge is -2.57. The topological polar surface area (TPSA) is 118 Å². The first kappa shape index (κ1) is 55.4. The average molecular weight is 933 g/mol. The van der Waals surface area contributed by atoms with E-state index < -0.39 is 12.2 Å². The molecule has 2 fully saturated rings. The van der Waals surface area contributed by atoms with Crippen molar-refractivity contribution in [3.05, 3.63) is 59.7 Å². The van der Waals surface area contributed by atoms with E-state index in [1.54, 1.807) is 13.8 Å². The van der Waals surface area contributed by atoms with Crippen LogP contribution in [0.2, 0.25) is 0 Å². The third-order valence-corrected chi connectivity index (χ3v) is 14.2. The Hall–Kier alpha value is -4.16. The van der Waals surface area contributed by atoms with Crippen LogP contribution in [0.25, 0.3) is 0 Å². The third-order valence-electron chi connectivity index (χ3n) is 14.2. The first-order valence-electron chi connectivity index (χ1n) is 25.0. The number of ether oxygens (including phenoxy) is 4. The molecule has 2 unspecified atom stereocenters. The smallest absolute Gasteiger partial charge is 0.303 e. The van der Waals surface area contributed by atoms with Crippen molar-refractivity contribution in [3.8, 4) is 11.5 Å². The Labute approximate surface area is 404 Å². The molecule has 2 aliphatic rings. The number of unbranched alkanes of at least 4 members (excludes halogenated alkanes) is 2. The quantitative estimate of drug-likeness (QED) is 0.106. The SMILES string of the molecule is CCCCN(CC(COc1ccc(C(C)(C)c2ccc(OCC(CN(CCCC)C3CC(C)(C)N(C(C)=O)C(C)(C)C3)OC(C)=O)cc2)cc1)OC(C)=O)C1CC(C)(C)N(C(C)=O)C(C)(C)C1. The maximum absolute atomic E-state index is 12.8. The minimum absolute atomic E-state index is 0.0925. The minimum Gasteiger partial charge on any atom is -0.490 e. The van der Waals surface area contributed by atoms with Crippen molar-refractivity contribution in [2.24, 2.45) is 0 Å². The first-order valence-corrected chi connectivity index (χ1v) is 25.0. The molecular weight excluding hydrogens is 845 g/mol. The molecule has 0 aromatic heterocycles. The molecule has 12 nitrogen and oxygen atoms in total. The Morgan fingerprint density at radius 1 is 0.567 bits per heavy atom. The van der Waals surface area contributed by atoms with E-state index in [-0.39, 0.29) is 76.6 Å². The molecule has 2 atom stereocenters. The molecule has 2 aromatic rings. The number of esters is 2. The zero-order valence-corrected chi connectivity index (χ0v) is 44.4. The average Bonchev–Trinajstić information content (AvgIpc) is 3.19. The summed E-state index contributed by atoms with van der Waals surface area (Å²) in [5.74, 6) is 0.902. The van der Waals surface area contributed by atoms with Crippen LogP contribution in [0.3, 0.4) is 0 Å². The summed E-state index contributed by atoms with van der Waals surface area (Å²) in [6.07, 6.45) is 6.52. The van der Waals surface area contributed by atoms with Crippen molar-refractivity contribution < 1.29 is 38.1 Å². The summed E-state index contributed by atoms with van der Waals surface area (Å²) in [6.45, 7) is 35.5. The second-order valence-electron chi connectivity index (χ2n) is 22.5. The van der Waals surface area contributed by atoms with Crippen LogP contribution >= 0.6 is 0 Å². The van der Waals surface area contributed by atoms with Crippen LogP contribution in [0.4, 0.5) is 0 Å². The molecule has 2 aromatic carbocycles. The normalized spacial score (nSPS) is 19.2. The zero-order valence-electron chi connectivity index (χ0n) is 44.4. The highest BCUT2D eigenvalue weighted by Crippen LogP contribution is 2.42. The van der Waals surface area contributed by atoms with Gasteiger partial charge in [0.2, 0.25) is 11.8 Å². The van der Waals surface area contributed by atoms with E-state index in [2.05, 4.69) is 117 Å². The summed E-state index contributed by atoms with van der Waals surface area (Å²) in [5.41, 5.74) is 0.617. The standard InChI is InChI=1S/C55H88N4O8/c1-17-19-29-56(45-31-51(7,8)58(39(3)60)52(9,10)32-45)35-49(66-41(5)62)37-64-47-25-21-43(22-26-47)55(15,16)44-23-27-48(28-24-44)65-38-50(67-42(6)63)36-57(30-20-18-2)46-33-53(11,12)59(40(4)61)54(13,14)34-46/h21-28,45-46,49-50H,17-20,29-38H2,1-16H3. The maximum Gasteiger partial charge on any atom is 0.303 e. The van der Waals surface area contributed by atoms with Crippen LogP contribution in [-0.2, 0) is 34.1 Å². The molecule has 12 heteroatoms. The molecule has 4 rings (SSSR count). The fourth-order valence-electron chi connectivity index (χ4n) is 12.0. The summed E-state index contributed by atoms with van der Waals surface area (Å²) in [5, 5.41) is 0. The lowest BCUT2D eigenvalue weighted by atomic mass is 9.76. The number of hydrogen-bond donors (Lipinski definition) is 0. The maximum atomic E-state index is 12.8. The number of carbonyl (C=O) groups is 4. The first-order chi connectivity index (χ1) is 31.1. The molecular formula is C55H88N4O8. The van der Waals surface area contributed by atoms with Gasteiger partial charge >= 0.3 is 11.9 Å². The molecule has 2 amide bonds. The van der Waals surface area contributed by atoms with Crippen molar-refractivity contribution in [1.82, 2.24) is 19.6 Å². The van der Waals surface area contributed by atoms with Gasteiger partial charge in [-0.05, 0) is 142 Å². The van der Waals surface area contributed by atoms with Crippen LogP contribution in [0.1, 0.15) is 173 Å². The van der Waals surface area contributed by atoms with E-state index >= 15 is 0 Å². The molecule has 0 N–H and O–H groups in total. The number of likely N-dealkylation sites (tertiary alicyclic amines) is 2. The van der Waals surface area contributed by atoms with Crippen molar-refractivity contribution >= 4 is 23.8 Å². The second-order valence-corrected chi connectivity index (χ2v) is 22.5. The van der Waals surface area contributed by atoms with Gasteiger partial charge in [-0.25, -0.2) is 0 Å². The second kappa shape index (κ2) is 23.0. The summed E-state index contributed by atoms with van der Waals surface area (Å²) >= 11 is 0. The number of amides is 2. The lowest BCUT2D eigenvalue weighted by Crippen LogP contribution is -2.66. The van der Waals surface area contributed by atoms with Gasteiger partial charge in [-0.2, -0.15) is 0 Å². The third kappa shape index (κ3) is 14.9. The molecule has 0 saturated carbocycles. The zero-order chi connectivity index (χ0) is 50.1. The van der Waals surface area contributed by atoms with Crippen LogP contribution in [-0.4, -0.2) is 129 Å². The van der Waals surface area contributed by atoms with Gasteiger partial charge in [-0.3, -0.25) is 29.0 Å². The van der Waals surface area contributed by atoms with Gasteiger partial charge in [0.15, 0.2) is 0 Å². The Morgan fingerprint density at radius 3 is 1.12 bits per heavy atom. The van der Waals surface area contributed by atoms with Gasteiger partial charge in [-0.15, -0.1) is 0 Å². The van der Waals surface area contributed by atoms with E-state index in [0.29, 0.717) is 24.6 Å². The van der Waals surface area contributed by atoms with Gasteiger partial charge < -0.3 is 28.7 Å². The monoisotopic (exact) mass is 933 g/mol.